The van der Waals surface area contributed by atoms with E-state index in [1.165, 1.54) is 12.2 Å². The Balaban J connectivity index is 2.68. The van der Waals surface area contributed by atoms with Crippen molar-refractivity contribution in [3.05, 3.63) is 0 Å². The van der Waals surface area contributed by atoms with Crippen LogP contribution in [0.5, 0.6) is 0 Å². The van der Waals surface area contributed by atoms with Crippen LogP contribution >= 0.6 is 10.1 Å². The monoisotopic (exact) mass is 132 g/mol. The van der Waals surface area contributed by atoms with Gasteiger partial charge in [-0.2, -0.15) is 0 Å². The van der Waals surface area contributed by atoms with Gasteiger partial charge in [-0.15, -0.1) is 0 Å². The molecule has 0 aliphatic heterocycles. The lowest BCUT2D eigenvalue weighted by Crippen LogP contribution is -1.92. The summed E-state index contributed by atoms with van der Waals surface area (Å²) in [6.45, 7) is 2.24. The van der Waals surface area contributed by atoms with Gasteiger partial charge in [-0.1, -0.05) is 18.5 Å². The molecule has 0 N–H and O–H groups in total. The van der Waals surface area contributed by atoms with Crippen molar-refractivity contribution in [3.8, 4) is 0 Å². The molecule has 0 amide bonds. The van der Waals surface area contributed by atoms with Crippen molar-refractivity contribution >= 4 is 23.1 Å². The Morgan fingerprint density at radius 1 is 1.43 bits per heavy atom. The first-order valence-electron chi connectivity index (χ1n) is 2.89. The highest BCUT2D eigenvalue weighted by molar-refractivity contribution is 8.25. The smallest absolute Gasteiger partial charge is 0.256 e. The van der Waals surface area contributed by atoms with Gasteiger partial charge in [0, 0.05) is 0 Å². The second kappa shape index (κ2) is 5.03. The van der Waals surface area contributed by atoms with E-state index in [1.54, 1.807) is 0 Å². The van der Waals surface area contributed by atoms with Gasteiger partial charge in [-0.3, -0.25) is 10.1 Å². The minimum atomic E-state index is -0.271. The van der Waals surface area contributed by atoms with E-state index in [-0.39, 0.29) is 13.0 Å². The van der Waals surface area contributed by atoms with Gasteiger partial charge in [0.2, 0.25) is 0 Å². The van der Waals surface area contributed by atoms with Crippen LogP contribution in [0.25, 0.3) is 0 Å². The van der Waals surface area contributed by atoms with Crippen LogP contribution in [0.2, 0.25) is 11.6 Å². The van der Waals surface area contributed by atoms with Crippen molar-refractivity contribution in [1.82, 2.24) is 0 Å². The molecule has 0 radical (unpaired) electrons. The Morgan fingerprint density at radius 2 is 2.00 bits per heavy atom. The third-order valence-corrected chi connectivity index (χ3v) is 4.67. The predicted octanol–water partition coefficient (Wildman–Crippen LogP) is 2.38. The highest BCUT2D eigenvalue weighted by Crippen LogP contribution is 2.05. The quantitative estimate of drug-likeness (QED) is 0.531. The molecular weight excluding hydrogens is 119 g/mol. The summed E-state index contributed by atoms with van der Waals surface area (Å²) in [6, 6.07) is 0. The summed E-state index contributed by atoms with van der Waals surface area (Å²) < 4.78 is 0. The normalized spacial score (nSPS) is 9.00. The van der Waals surface area contributed by atoms with Crippen LogP contribution in [-0.4, -0.2) is 18.8 Å². The third-order valence-electron chi connectivity index (χ3n) is 0.655. The fraction of sp³-hybridized carbons (Fsp3) is 1.00. The van der Waals surface area contributed by atoms with Crippen molar-refractivity contribution in [2.45, 2.75) is 24.9 Å². The van der Waals surface area contributed by atoms with Crippen molar-refractivity contribution in [1.29, 1.82) is 0 Å². The maximum absolute atomic E-state index is 2.38. The molecule has 0 bridgehead atoms. The molecule has 0 aromatic carbocycles. The number of hydrogen-bond acceptors (Lipinski definition) is 1. The van der Waals surface area contributed by atoms with Gasteiger partial charge in [0.1, 0.15) is 0 Å². The Morgan fingerprint density at radius 3 is 2.14 bits per heavy atom. The standard InChI is InChI=1S/C3H8S.2CH3.Al/c1-2-3-4;;;/h4H,2-3H2,1H3;2*1H3;/q;;;+1/p-1. The fourth-order valence-corrected chi connectivity index (χ4v) is 3.18. The van der Waals surface area contributed by atoms with Crippen LogP contribution in [0.3, 0.4) is 0 Å². The summed E-state index contributed by atoms with van der Waals surface area (Å²) in [5.74, 6) is 6.13. The van der Waals surface area contributed by atoms with Crippen LogP contribution < -0.4 is 0 Å². The molecular formula is C5H13AlS. The summed E-state index contributed by atoms with van der Waals surface area (Å²) in [5.41, 5.74) is 0. The highest BCUT2D eigenvalue weighted by atomic mass is 32.3. The average Bonchev–Trinajstić information content (AvgIpc) is 1.61. The van der Waals surface area contributed by atoms with E-state index in [4.69, 9.17) is 0 Å². The summed E-state index contributed by atoms with van der Waals surface area (Å²) in [6.07, 6.45) is 1.34. The Bertz CT molecular complexity index is 37.1. The zero-order valence-electron chi connectivity index (χ0n) is 5.40. The Hall–Kier alpha value is 0.882. The molecule has 0 spiro atoms. The van der Waals surface area contributed by atoms with Crippen molar-refractivity contribution < 1.29 is 0 Å². The SMILES string of the molecule is CCC[S][Al]([CH3])[CH3]. The zero-order valence-corrected chi connectivity index (χ0v) is 7.37. The van der Waals surface area contributed by atoms with E-state index in [0.29, 0.717) is 0 Å². The van der Waals surface area contributed by atoms with E-state index in [9.17, 15) is 0 Å². The Kier molecular flexibility index (Phi) is 5.66. The molecule has 0 fully saturated rings. The maximum Gasteiger partial charge on any atom is 0.342 e. The highest BCUT2D eigenvalue weighted by Gasteiger charge is 1.98. The van der Waals surface area contributed by atoms with Crippen molar-refractivity contribution in [2.75, 3.05) is 5.75 Å². The molecule has 0 rings (SSSR count). The molecule has 0 aliphatic rings. The Labute approximate surface area is 54.1 Å². The largest absolute Gasteiger partial charge is 0.342 e. The second-order valence-electron chi connectivity index (χ2n) is 1.92. The summed E-state index contributed by atoms with van der Waals surface area (Å²) in [4.78, 5) is 0. The molecule has 0 nitrogen and oxygen atoms in total. The molecule has 0 saturated heterocycles. The molecule has 42 valence electrons. The van der Waals surface area contributed by atoms with Gasteiger partial charge >= 0.3 is 13.0 Å². The second-order valence-corrected chi connectivity index (χ2v) is 8.59. The van der Waals surface area contributed by atoms with Crippen molar-refractivity contribution in [2.24, 2.45) is 0 Å². The van der Waals surface area contributed by atoms with E-state index in [0.717, 1.165) is 0 Å². The average molecular weight is 132 g/mol. The summed E-state index contributed by atoms with van der Waals surface area (Å²) in [7, 11) is 2.17. The molecule has 0 aliphatic carbocycles. The van der Waals surface area contributed by atoms with Crippen LogP contribution in [-0.2, 0) is 0 Å². The molecule has 0 aromatic heterocycles. The molecule has 7 heavy (non-hydrogen) atoms. The number of rotatable bonds is 3. The summed E-state index contributed by atoms with van der Waals surface area (Å²) in [5, 5.41) is 0. The molecule has 0 atom stereocenters. The minimum absolute atomic E-state index is 0.271. The molecule has 0 aromatic rings. The van der Waals surface area contributed by atoms with Crippen LogP contribution in [0.4, 0.5) is 0 Å². The van der Waals surface area contributed by atoms with Crippen LogP contribution in [0.1, 0.15) is 13.3 Å². The molecule has 0 heterocycles. The van der Waals surface area contributed by atoms with E-state index in [1.807, 2.05) is 0 Å². The first-order chi connectivity index (χ1) is 3.27. The van der Waals surface area contributed by atoms with Crippen molar-refractivity contribution in [3.63, 3.8) is 0 Å². The topological polar surface area (TPSA) is 0 Å². The minimum Gasteiger partial charge on any atom is -0.256 e. The lowest BCUT2D eigenvalue weighted by molar-refractivity contribution is 1.11. The van der Waals surface area contributed by atoms with Crippen LogP contribution in [0.15, 0.2) is 0 Å². The van der Waals surface area contributed by atoms with E-state index < -0.39 is 0 Å². The first-order valence-corrected chi connectivity index (χ1v) is 7.66. The third kappa shape index (κ3) is 6.88. The first kappa shape index (κ1) is 7.88. The fourth-order valence-electron chi connectivity index (χ4n) is 0.354. The molecule has 0 unspecified atom stereocenters. The van der Waals surface area contributed by atoms with Crippen LogP contribution in [0, 0.1) is 0 Å². The predicted molar refractivity (Wildman–Crippen MR) is 40.2 cm³/mol. The lowest BCUT2D eigenvalue weighted by Gasteiger charge is -1.94. The molecule has 2 heteroatoms. The van der Waals surface area contributed by atoms with Gasteiger partial charge in [-0.25, -0.2) is 0 Å². The van der Waals surface area contributed by atoms with Gasteiger partial charge in [0.15, 0.2) is 0 Å². The van der Waals surface area contributed by atoms with E-state index >= 15 is 0 Å². The summed E-state index contributed by atoms with van der Waals surface area (Å²) >= 11 is -0.271. The van der Waals surface area contributed by atoms with E-state index in [2.05, 4.69) is 28.6 Å². The van der Waals surface area contributed by atoms with Gasteiger partial charge in [-0.05, 0) is 12.2 Å². The van der Waals surface area contributed by atoms with Gasteiger partial charge in [0.05, 0.1) is 0 Å². The zero-order chi connectivity index (χ0) is 5.70. The van der Waals surface area contributed by atoms with Gasteiger partial charge < -0.3 is 0 Å². The maximum atomic E-state index is 2.38. The molecule has 0 saturated carbocycles. The number of hydrogen-bond donors (Lipinski definition) is 0. The lowest BCUT2D eigenvalue weighted by atomic mass is 10.6. The van der Waals surface area contributed by atoms with Gasteiger partial charge in [0.25, 0.3) is 0 Å².